The van der Waals surface area contributed by atoms with Gasteiger partial charge in [-0.15, -0.1) is 0 Å². The Hall–Kier alpha value is -1.36. The molecule has 5 heteroatoms. The smallest absolute Gasteiger partial charge is 0.272 e. The number of amides is 1. The highest BCUT2D eigenvalue weighted by atomic mass is 16.3. The van der Waals surface area contributed by atoms with Gasteiger partial charge in [0, 0.05) is 26.1 Å². The van der Waals surface area contributed by atoms with Crippen molar-refractivity contribution in [1.82, 2.24) is 14.7 Å². The van der Waals surface area contributed by atoms with E-state index >= 15 is 0 Å². The maximum Gasteiger partial charge on any atom is 0.272 e. The average molecular weight is 249 g/mol. The van der Waals surface area contributed by atoms with Crippen LogP contribution in [-0.4, -0.2) is 44.9 Å². The Labute approximate surface area is 106 Å². The number of aromatic nitrogens is 2. The first-order valence-corrected chi connectivity index (χ1v) is 6.54. The van der Waals surface area contributed by atoms with Crippen LogP contribution in [0.3, 0.4) is 0 Å². The molecule has 98 valence electrons. The fourth-order valence-electron chi connectivity index (χ4n) is 3.38. The Morgan fingerprint density at radius 1 is 1.44 bits per heavy atom. The lowest BCUT2D eigenvalue weighted by Crippen LogP contribution is -2.32. The molecule has 2 heterocycles. The molecule has 0 aromatic carbocycles. The summed E-state index contributed by atoms with van der Waals surface area (Å²) < 4.78 is 1.64. The van der Waals surface area contributed by atoms with Gasteiger partial charge in [-0.1, -0.05) is 0 Å². The van der Waals surface area contributed by atoms with Crippen LogP contribution in [-0.2, 0) is 7.05 Å². The molecule has 0 spiro atoms. The van der Waals surface area contributed by atoms with Crippen LogP contribution in [0.15, 0.2) is 6.07 Å². The topological polar surface area (TPSA) is 58.4 Å². The SMILES string of the molecule is Cc1cc(C(=O)N2CC3CCC(O)C3C2)n(C)n1. The van der Waals surface area contributed by atoms with Crippen molar-refractivity contribution in [2.24, 2.45) is 18.9 Å². The van der Waals surface area contributed by atoms with E-state index in [9.17, 15) is 9.90 Å². The van der Waals surface area contributed by atoms with Crippen LogP contribution in [0.25, 0.3) is 0 Å². The highest BCUT2D eigenvalue weighted by Crippen LogP contribution is 2.38. The number of aliphatic hydroxyl groups is 1. The summed E-state index contributed by atoms with van der Waals surface area (Å²) in [6.07, 6.45) is 1.71. The second-order valence-electron chi connectivity index (χ2n) is 5.57. The molecule has 3 unspecified atom stereocenters. The third-order valence-electron chi connectivity index (χ3n) is 4.33. The lowest BCUT2D eigenvalue weighted by atomic mass is 10.00. The summed E-state index contributed by atoms with van der Waals surface area (Å²) in [4.78, 5) is 14.3. The van der Waals surface area contributed by atoms with Gasteiger partial charge in [0.15, 0.2) is 0 Å². The van der Waals surface area contributed by atoms with E-state index in [4.69, 9.17) is 0 Å². The standard InChI is InChI=1S/C13H19N3O2/c1-8-5-11(15(2)14-8)13(18)16-6-9-3-4-12(17)10(9)7-16/h5,9-10,12,17H,3-4,6-7H2,1-2H3. The fourth-order valence-corrected chi connectivity index (χ4v) is 3.38. The minimum atomic E-state index is -0.221. The molecule has 1 N–H and O–H groups in total. The van der Waals surface area contributed by atoms with Crippen molar-refractivity contribution in [1.29, 1.82) is 0 Å². The molecule has 1 aliphatic heterocycles. The summed E-state index contributed by atoms with van der Waals surface area (Å²) in [5.74, 6) is 0.807. The fraction of sp³-hybridized carbons (Fsp3) is 0.692. The van der Waals surface area contributed by atoms with Crippen LogP contribution in [0.4, 0.5) is 0 Å². The van der Waals surface area contributed by atoms with E-state index in [0.717, 1.165) is 25.1 Å². The third-order valence-corrected chi connectivity index (χ3v) is 4.33. The number of nitrogens with zero attached hydrogens (tertiary/aromatic N) is 3. The molecule has 1 saturated carbocycles. The van der Waals surface area contributed by atoms with Crippen molar-refractivity contribution >= 4 is 5.91 Å². The second-order valence-corrected chi connectivity index (χ2v) is 5.57. The molecule has 18 heavy (non-hydrogen) atoms. The van der Waals surface area contributed by atoms with E-state index in [1.165, 1.54) is 0 Å². The molecule has 2 aliphatic rings. The van der Waals surface area contributed by atoms with Crippen molar-refractivity contribution in [2.45, 2.75) is 25.9 Å². The van der Waals surface area contributed by atoms with Crippen LogP contribution < -0.4 is 0 Å². The summed E-state index contributed by atoms with van der Waals surface area (Å²) in [5.41, 5.74) is 1.50. The van der Waals surface area contributed by atoms with Gasteiger partial charge in [-0.25, -0.2) is 0 Å². The zero-order valence-electron chi connectivity index (χ0n) is 10.8. The number of likely N-dealkylation sites (tertiary alicyclic amines) is 1. The molecule has 1 saturated heterocycles. The molecule has 3 atom stereocenters. The minimum absolute atomic E-state index is 0.0414. The molecule has 1 aliphatic carbocycles. The van der Waals surface area contributed by atoms with Gasteiger partial charge < -0.3 is 10.0 Å². The Balaban J connectivity index is 1.77. The zero-order chi connectivity index (χ0) is 12.9. The van der Waals surface area contributed by atoms with Crippen LogP contribution in [0, 0.1) is 18.8 Å². The molecular weight excluding hydrogens is 230 g/mol. The molecule has 5 nitrogen and oxygen atoms in total. The van der Waals surface area contributed by atoms with Gasteiger partial charge in [-0.05, 0) is 31.7 Å². The van der Waals surface area contributed by atoms with Crippen molar-refractivity contribution in [2.75, 3.05) is 13.1 Å². The largest absolute Gasteiger partial charge is 0.393 e. The number of hydrogen-bond acceptors (Lipinski definition) is 3. The van der Waals surface area contributed by atoms with E-state index in [0.29, 0.717) is 18.2 Å². The number of aryl methyl sites for hydroxylation is 2. The van der Waals surface area contributed by atoms with Crippen LogP contribution in [0.2, 0.25) is 0 Å². The van der Waals surface area contributed by atoms with Gasteiger partial charge in [0.25, 0.3) is 5.91 Å². The summed E-state index contributed by atoms with van der Waals surface area (Å²) >= 11 is 0. The van der Waals surface area contributed by atoms with Crippen molar-refractivity contribution < 1.29 is 9.90 Å². The molecular formula is C13H19N3O2. The number of carbonyl (C=O) groups excluding carboxylic acids is 1. The number of hydrogen-bond donors (Lipinski definition) is 1. The maximum absolute atomic E-state index is 12.4. The van der Waals surface area contributed by atoms with E-state index in [1.54, 1.807) is 11.7 Å². The Morgan fingerprint density at radius 3 is 2.83 bits per heavy atom. The number of carbonyl (C=O) groups is 1. The van der Waals surface area contributed by atoms with Gasteiger partial charge in [-0.3, -0.25) is 9.48 Å². The number of aliphatic hydroxyl groups excluding tert-OH is 1. The van der Waals surface area contributed by atoms with Gasteiger partial charge in [0.1, 0.15) is 5.69 Å². The Bertz CT molecular complexity index is 483. The second kappa shape index (κ2) is 4.09. The average Bonchev–Trinajstić information content (AvgIpc) is 2.96. The van der Waals surface area contributed by atoms with Gasteiger partial charge >= 0.3 is 0 Å². The lowest BCUT2D eigenvalue weighted by molar-refractivity contribution is 0.0742. The highest BCUT2D eigenvalue weighted by molar-refractivity contribution is 5.93. The summed E-state index contributed by atoms with van der Waals surface area (Å²) in [6.45, 7) is 3.36. The predicted molar refractivity (Wildman–Crippen MR) is 66.1 cm³/mol. The molecule has 3 rings (SSSR count). The Morgan fingerprint density at radius 2 is 2.22 bits per heavy atom. The number of fused-ring (bicyclic) bond motifs is 1. The van der Waals surface area contributed by atoms with E-state index in [2.05, 4.69) is 5.10 Å². The lowest BCUT2D eigenvalue weighted by Gasteiger charge is -2.18. The molecule has 0 bridgehead atoms. The first-order chi connectivity index (χ1) is 8.56. The Kier molecular flexibility index (Phi) is 2.66. The molecule has 0 radical (unpaired) electrons. The van der Waals surface area contributed by atoms with Gasteiger partial charge in [0.05, 0.1) is 11.8 Å². The summed E-state index contributed by atoms with van der Waals surface area (Å²) in [7, 11) is 1.80. The summed E-state index contributed by atoms with van der Waals surface area (Å²) in [5, 5.41) is 14.1. The minimum Gasteiger partial charge on any atom is -0.393 e. The monoisotopic (exact) mass is 249 g/mol. The zero-order valence-corrected chi connectivity index (χ0v) is 10.8. The first-order valence-electron chi connectivity index (χ1n) is 6.54. The molecule has 1 aromatic rings. The maximum atomic E-state index is 12.4. The third kappa shape index (κ3) is 1.73. The van der Waals surface area contributed by atoms with Crippen molar-refractivity contribution in [3.63, 3.8) is 0 Å². The van der Waals surface area contributed by atoms with E-state index in [1.807, 2.05) is 17.9 Å². The van der Waals surface area contributed by atoms with Gasteiger partial charge in [-0.2, -0.15) is 5.10 Å². The normalized spacial score (nSPS) is 30.8. The predicted octanol–water partition coefficient (Wildman–Crippen LogP) is 0.571. The molecule has 2 fully saturated rings. The van der Waals surface area contributed by atoms with Crippen molar-refractivity contribution in [3.8, 4) is 0 Å². The van der Waals surface area contributed by atoms with E-state index in [-0.39, 0.29) is 17.9 Å². The highest BCUT2D eigenvalue weighted by Gasteiger charge is 2.43. The molecule has 1 aromatic heterocycles. The van der Waals surface area contributed by atoms with E-state index < -0.39 is 0 Å². The number of rotatable bonds is 1. The first kappa shape index (κ1) is 11.7. The summed E-state index contributed by atoms with van der Waals surface area (Å²) in [6, 6.07) is 1.83. The van der Waals surface area contributed by atoms with Crippen LogP contribution in [0.5, 0.6) is 0 Å². The van der Waals surface area contributed by atoms with Gasteiger partial charge in [0.2, 0.25) is 0 Å². The van der Waals surface area contributed by atoms with Crippen LogP contribution in [0.1, 0.15) is 29.0 Å². The van der Waals surface area contributed by atoms with Crippen LogP contribution >= 0.6 is 0 Å². The van der Waals surface area contributed by atoms with Crippen molar-refractivity contribution in [3.05, 3.63) is 17.5 Å². The quantitative estimate of drug-likeness (QED) is 0.791. The molecule has 1 amide bonds.